The van der Waals surface area contributed by atoms with Crippen molar-refractivity contribution >= 4 is 5.97 Å². The Morgan fingerprint density at radius 1 is 1.26 bits per heavy atom. The van der Waals surface area contributed by atoms with E-state index >= 15 is 0 Å². The molecule has 6 heteroatoms. The third-order valence-corrected chi connectivity index (χ3v) is 3.43. The van der Waals surface area contributed by atoms with Crippen LogP contribution in [0.15, 0.2) is 24.5 Å². The molecule has 98 valence electrons. The fourth-order valence-electron chi connectivity index (χ4n) is 2.50. The summed E-state index contributed by atoms with van der Waals surface area (Å²) in [5.74, 6) is 0.557. The van der Waals surface area contributed by atoms with E-state index in [2.05, 4.69) is 15.2 Å². The number of hydrogen-bond donors (Lipinski definition) is 1. The minimum absolute atomic E-state index is 0.573. The molecule has 3 rings (SSSR count). The Morgan fingerprint density at radius 2 is 2.05 bits per heavy atom. The lowest BCUT2D eigenvalue weighted by Gasteiger charge is -2.15. The summed E-state index contributed by atoms with van der Waals surface area (Å²) in [6.45, 7) is 0. The molecular formula is C13H14N4O2. The van der Waals surface area contributed by atoms with Crippen LogP contribution in [0.2, 0.25) is 0 Å². The molecule has 0 fully saturated rings. The molecule has 0 amide bonds. The number of aliphatic carboxylic acids is 1. The maximum absolute atomic E-state index is 11.5. The van der Waals surface area contributed by atoms with Gasteiger partial charge in [-0.15, -0.1) is 10.2 Å². The van der Waals surface area contributed by atoms with E-state index in [9.17, 15) is 9.90 Å². The first-order chi connectivity index (χ1) is 9.27. The van der Waals surface area contributed by atoms with Crippen LogP contribution < -0.4 is 0 Å². The molecule has 1 atom stereocenters. The van der Waals surface area contributed by atoms with Crippen LogP contribution in [0.25, 0.3) is 11.4 Å². The first-order valence-electron chi connectivity index (χ1n) is 6.34. The van der Waals surface area contributed by atoms with Crippen LogP contribution in [0.4, 0.5) is 0 Å². The summed E-state index contributed by atoms with van der Waals surface area (Å²) in [4.78, 5) is 15.4. The normalized spacial score (nSPS) is 18.6. The monoisotopic (exact) mass is 258 g/mol. The number of carbonyl (C=O) groups is 1. The Morgan fingerprint density at radius 3 is 2.79 bits per heavy atom. The number of aryl methyl sites for hydroxylation is 1. The van der Waals surface area contributed by atoms with Crippen molar-refractivity contribution in [3.8, 4) is 11.4 Å². The third-order valence-electron chi connectivity index (χ3n) is 3.43. The first-order valence-corrected chi connectivity index (χ1v) is 6.34. The van der Waals surface area contributed by atoms with E-state index in [4.69, 9.17) is 0 Å². The number of carboxylic acids is 1. The highest BCUT2D eigenvalue weighted by molar-refractivity contribution is 5.73. The molecule has 0 radical (unpaired) electrons. The van der Waals surface area contributed by atoms with Crippen molar-refractivity contribution in [2.75, 3.05) is 0 Å². The third kappa shape index (κ3) is 2.09. The topological polar surface area (TPSA) is 80.9 Å². The second-order valence-corrected chi connectivity index (χ2v) is 4.65. The zero-order valence-corrected chi connectivity index (χ0v) is 10.4. The molecule has 6 nitrogen and oxygen atoms in total. The highest BCUT2D eigenvalue weighted by Gasteiger charge is 2.28. The first kappa shape index (κ1) is 11.8. The van der Waals surface area contributed by atoms with Gasteiger partial charge in [-0.1, -0.05) is 6.42 Å². The van der Waals surface area contributed by atoms with Gasteiger partial charge < -0.3 is 5.11 Å². The molecule has 0 aliphatic carbocycles. The lowest BCUT2D eigenvalue weighted by molar-refractivity contribution is -0.141. The van der Waals surface area contributed by atoms with Gasteiger partial charge in [0.15, 0.2) is 5.82 Å². The standard InChI is InChI=1S/C13H14N4O2/c18-13(19)10-3-1-2-4-11-15-16-12(17(10)11)9-5-7-14-8-6-9/h5-8,10H,1-4H2,(H,18,19)/t10-/m0/s1. The average molecular weight is 258 g/mol. The Hall–Kier alpha value is -2.24. The average Bonchev–Trinajstić information content (AvgIpc) is 2.72. The summed E-state index contributed by atoms with van der Waals surface area (Å²) < 4.78 is 1.77. The van der Waals surface area contributed by atoms with Crippen LogP contribution in [0.5, 0.6) is 0 Å². The lowest BCUT2D eigenvalue weighted by Crippen LogP contribution is -2.20. The Labute approximate surface area is 110 Å². The molecular weight excluding hydrogens is 244 g/mol. The van der Waals surface area contributed by atoms with Gasteiger partial charge in [0, 0.05) is 24.4 Å². The van der Waals surface area contributed by atoms with Crippen molar-refractivity contribution < 1.29 is 9.90 Å². The van der Waals surface area contributed by atoms with Crippen LogP contribution in [-0.4, -0.2) is 30.8 Å². The number of aromatic nitrogens is 4. The SMILES string of the molecule is O=C(O)[C@@H]1CCCCc2nnc(-c3ccncc3)n21. The van der Waals surface area contributed by atoms with Crippen molar-refractivity contribution in [2.24, 2.45) is 0 Å². The molecule has 0 bridgehead atoms. The van der Waals surface area contributed by atoms with Crippen molar-refractivity contribution in [3.63, 3.8) is 0 Å². The molecule has 0 spiro atoms. The molecule has 0 unspecified atom stereocenters. The fraction of sp³-hybridized carbons (Fsp3) is 0.385. The lowest BCUT2D eigenvalue weighted by atomic mass is 10.1. The van der Waals surface area contributed by atoms with E-state index in [0.717, 1.165) is 30.7 Å². The molecule has 3 heterocycles. The Kier molecular flexibility index (Phi) is 2.98. The Balaban J connectivity index is 2.13. The summed E-state index contributed by atoms with van der Waals surface area (Å²) in [5, 5.41) is 17.7. The molecule has 0 saturated carbocycles. The molecule has 0 aromatic carbocycles. The predicted molar refractivity (Wildman–Crippen MR) is 67.5 cm³/mol. The highest BCUT2D eigenvalue weighted by Crippen LogP contribution is 2.29. The van der Waals surface area contributed by atoms with Gasteiger partial charge >= 0.3 is 5.97 Å². The molecule has 1 N–H and O–H groups in total. The molecule has 2 aromatic rings. The largest absolute Gasteiger partial charge is 0.480 e. The number of rotatable bonds is 2. The summed E-state index contributed by atoms with van der Waals surface area (Å²) in [6.07, 6.45) is 6.60. The van der Waals surface area contributed by atoms with E-state index in [1.54, 1.807) is 17.0 Å². The van der Waals surface area contributed by atoms with Gasteiger partial charge in [0.05, 0.1) is 0 Å². The zero-order chi connectivity index (χ0) is 13.2. The second-order valence-electron chi connectivity index (χ2n) is 4.65. The van der Waals surface area contributed by atoms with E-state index in [1.165, 1.54) is 0 Å². The quantitative estimate of drug-likeness (QED) is 0.886. The molecule has 19 heavy (non-hydrogen) atoms. The van der Waals surface area contributed by atoms with Crippen molar-refractivity contribution in [3.05, 3.63) is 30.4 Å². The maximum Gasteiger partial charge on any atom is 0.326 e. The van der Waals surface area contributed by atoms with Crippen LogP contribution in [0, 0.1) is 0 Å². The maximum atomic E-state index is 11.5. The van der Waals surface area contributed by atoms with Gasteiger partial charge in [-0.3, -0.25) is 9.55 Å². The minimum Gasteiger partial charge on any atom is -0.480 e. The smallest absolute Gasteiger partial charge is 0.326 e. The van der Waals surface area contributed by atoms with Crippen molar-refractivity contribution in [1.82, 2.24) is 19.7 Å². The van der Waals surface area contributed by atoms with E-state index in [1.807, 2.05) is 12.1 Å². The van der Waals surface area contributed by atoms with Gasteiger partial charge in [0.25, 0.3) is 0 Å². The molecule has 0 saturated heterocycles. The summed E-state index contributed by atoms with van der Waals surface area (Å²) in [7, 11) is 0. The van der Waals surface area contributed by atoms with Gasteiger partial charge in [-0.25, -0.2) is 4.79 Å². The van der Waals surface area contributed by atoms with E-state index in [0.29, 0.717) is 12.2 Å². The number of carboxylic acid groups (broad SMARTS) is 1. The number of pyridine rings is 1. The molecule has 1 aliphatic heterocycles. The van der Waals surface area contributed by atoms with Crippen LogP contribution >= 0.6 is 0 Å². The predicted octanol–water partition coefficient (Wildman–Crippen LogP) is 1.69. The van der Waals surface area contributed by atoms with Crippen LogP contribution in [0.1, 0.15) is 31.1 Å². The van der Waals surface area contributed by atoms with Crippen LogP contribution in [-0.2, 0) is 11.2 Å². The van der Waals surface area contributed by atoms with E-state index < -0.39 is 12.0 Å². The van der Waals surface area contributed by atoms with Crippen LogP contribution in [0.3, 0.4) is 0 Å². The Bertz CT molecular complexity index is 594. The molecule has 2 aromatic heterocycles. The minimum atomic E-state index is -0.821. The van der Waals surface area contributed by atoms with Gasteiger partial charge in [-0.2, -0.15) is 0 Å². The summed E-state index contributed by atoms with van der Waals surface area (Å²) in [5.41, 5.74) is 0.849. The fourth-order valence-corrected chi connectivity index (χ4v) is 2.50. The van der Waals surface area contributed by atoms with E-state index in [-0.39, 0.29) is 0 Å². The van der Waals surface area contributed by atoms with Gasteiger partial charge in [0.1, 0.15) is 11.9 Å². The zero-order valence-electron chi connectivity index (χ0n) is 10.4. The van der Waals surface area contributed by atoms with Gasteiger partial charge in [-0.05, 0) is 25.0 Å². The van der Waals surface area contributed by atoms with Gasteiger partial charge in [0.2, 0.25) is 0 Å². The highest BCUT2D eigenvalue weighted by atomic mass is 16.4. The summed E-state index contributed by atoms with van der Waals surface area (Å²) in [6, 6.07) is 3.07. The van der Waals surface area contributed by atoms with Crippen molar-refractivity contribution in [1.29, 1.82) is 0 Å². The molecule has 1 aliphatic rings. The summed E-state index contributed by atoms with van der Waals surface area (Å²) >= 11 is 0. The number of nitrogens with zero attached hydrogens (tertiary/aromatic N) is 4. The van der Waals surface area contributed by atoms with Crippen molar-refractivity contribution in [2.45, 2.75) is 31.7 Å². The second kappa shape index (κ2) is 4.79. The number of hydrogen-bond acceptors (Lipinski definition) is 4. The number of fused-ring (bicyclic) bond motifs is 1.